The average Bonchev–Trinajstić information content (AvgIpc) is 3.03. The first kappa shape index (κ1) is 20.2. The number of rotatable bonds is 6. The van der Waals surface area contributed by atoms with Gasteiger partial charge in [0.2, 0.25) is 11.8 Å². The molecule has 29 heavy (non-hydrogen) atoms. The monoisotopic (exact) mass is 398 g/mol. The van der Waals surface area contributed by atoms with Crippen LogP contribution in [0.1, 0.15) is 23.2 Å². The molecule has 1 saturated heterocycles. The summed E-state index contributed by atoms with van der Waals surface area (Å²) in [4.78, 5) is 49.1. The number of aliphatic carboxylic acids is 1. The van der Waals surface area contributed by atoms with Crippen molar-refractivity contribution in [2.24, 2.45) is 5.92 Å². The van der Waals surface area contributed by atoms with E-state index < -0.39 is 36.0 Å². The van der Waals surface area contributed by atoms with Crippen LogP contribution < -0.4 is 5.32 Å². The molecule has 2 amide bonds. The highest BCUT2D eigenvalue weighted by molar-refractivity contribution is 6.19. The number of hydrogen-bond donors (Lipinski definition) is 2. The predicted molar refractivity (Wildman–Crippen MR) is 102 cm³/mol. The fourth-order valence-corrected chi connectivity index (χ4v) is 3.35. The zero-order valence-electron chi connectivity index (χ0n) is 16.2. The van der Waals surface area contributed by atoms with Gasteiger partial charge in [-0.1, -0.05) is 18.2 Å². The molecule has 1 atom stereocenters. The number of Topliss-reactive ketones (excluding diaryl/α,β-unsaturated/α-hetero) is 1. The van der Waals surface area contributed by atoms with Gasteiger partial charge in [0.1, 0.15) is 6.54 Å². The minimum Gasteiger partial charge on any atom is -0.480 e. The number of para-hydroxylation sites is 1. The molecule has 1 aliphatic rings. The number of carboxylic acids is 1. The number of nitrogens with zero attached hydrogens (tertiary/aromatic N) is 3. The fraction of sp³-hybridized carbons (Fsp3) is 0.350. The first-order valence-corrected chi connectivity index (χ1v) is 9.20. The van der Waals surface area contributed by atoms with Crippen molar-refractivity contribution in [3.05, 3.63) is 47.3 Å². The molecule has 0 aliphatic carbocycles. The van der Waals surface area contributed by atoms with Gasteiger partial charge in [-0.2, -0.15) is 5.10 Å². The van der Waals surface area contributed by atoms with Crippen molar-refractivity contribution in [3.8, 4) is 5.69 Å². The van der Waals surface area contributed by atoms with Crippen LogP contribution in [0.25, 0.3) is 5.69 Å². The van der Waals surface area contributed by atoms with Crippen molar-refractivity contribution in [2.45, 2.75) is 26.8 Å². The van der Waals surface area contributed by atoms with Gasteiger partial charge < -0.3 is 15.3 Å². The number of piperidine rings is 1. The summed E-state index contributed by atoms with van der Waals surface area (Å²) in [6, 6.07) is 7.80. The minimum absolute atomic E-state index is 0.0435. The van der Waals surface area contributed by atoms with Gasteiger partial charge in [-0.05, 0) is 25.5 Å². The summed E-state index contributed by atoms with van der Waals surface area (Å²) in [6.45, 7) is 3.65. The standard InChI is InChI=1S/C20H22N4O5/c1-12-5-3-4-6-15(12)24-13(2)14(9-22-24)11-23-8-7-16(25)18(20(23)29)19(28)21-10-17(26)27/h3-6,9,18H,7-8,10-11H2,1-2H3,(H,21,28)(H,26,27). The van der Waals surface area contributed by atoms with Crippen LogP contribution in [0.2, 0.25) is 0 Å². The van der Waals surface area contributed by atoms with Gasteiger partial charge in [0.05, 0.1) is 11.9 Å². The summed E-state index contributed by atoms with van der Waals surface area (Å²) in [5, 5.41) is 15.2. The number of carbonyl (C=O) groups is 4. The molecule has 152 valence electrons. The topological polar surface area (TPSA) is 122 Å². The number of hydrogen-bond acceptors (Lipinski definition) is 5. The largest absolute Gasteiger partial charge is 0.480 e. The van der Waals surface area contributed by atoms with E-state index in [0.29, 0.717) is 0 Å². The van der Waals surface area contributed by atoms with Crippen molar-refractivity contribution in [3.63, 3.8) is 0 Å². The number of likely N-dealkylation sites (tertiary alicyclic amines) is 1. The lowest BCUT2D eigenvalue weighted by Crippen LogP contribution is -2.52. The van der Waals surface area contributed by atoms with Crippen molar-refractivity contribution in [1.82, 2.24) is 20.0 Å². The van der Waals surface area contributed by atoms with Crippen LogP contribution in [0.15, 0.2) is 30.5 Å². The van der Waals surface area contributed by atoms with Crippen molar-refractivity contribution >= 4 is 23.6 Å². The molecule has 0 saturated carbocycles. The Balaban J connectivity index is 1.77. The second kappa shape index (κ2) is 8.26. The van der Waals surface area contributed by atoms with Gasteiger partial charge in [-0.15, -0.1) is 0 Å². The van der Waals surface area contributed by atoms with E-state index in [1.54, 1.807) is 10.9 Å². The van der Waals surface area contributed by atoms with Gasteiger partial charge in [0.25, 0.3) is 0 Å². The normalized spacial score (nSPS) is 16.8. The number of carbonyl (C=O) groups excluding carboxylic acids is 3. The Morgan fingerprint density at radius 2 is 1.97 bits per heavy atom. The average molecular weight is 398 g/mol. The molecule has 1 aliphatic heterocycles. The van der Waals surface area contributed by atoms with E-state index in [4.69, 9.17) is 5.11 Å². The third kappa shape index (κ3) is 4.18. The summed E-state index contributed by atoms with van der Waals surface area (Å²) in [7, 11) is 0. The molecule has 2 heterocycles. The summed E-state index contributed by atoms with van der Waals surface area (Å²) in [5.74, 6) is -4.74. The maximum absolute atomic E-state index is 12.7. The number of carboxylic acid groups (broad SMARTS) is 1. The Bertz CT molecular complexity index is 981. The third-order valence-corrected chi connectivity index (χ3v) is 5.00. The van der Waals surface area contributed by atoms with Gasteiger partial charge in [-0.3, -0.25) is 19.2 Å². The molecular formula is C20H22N4O5. The Kier molecular flexibility index (Phi) is 5.76. The molecule has 0 radical (unpaired) electrons. The molecule has 1 aromatic heterocycles. The van der Waals surface area contributed by atoms with Crippen molar-refractivity contribution < 1.29 is 24.3 Å². The molecular weight excluding hydrogens is 376 g/mol. The maximum Gasteiger partial charge on any atom is 0.322 e. The molecule has 2 N–H and O–H groups in total. The molecule has 1 unspecified atom stereocenters. The molecule has 3 rings (SSSR count). The smallest absolute Gasteiger partial charge is 0.322 e. The summed E-state index contributed by atoms with van der Waals surface area (Å²) in [6.07, 6.45) is 1.72. The predicted octanol–water partition coefficient (Wildman–Crippen LogP) is 0.608. The zero-order valence-corrected chi connectivity index (χ0v) is 16.2. The molecule has 9 heteroatoms. The lowest BCUT2D eigenvalue weighted by molar-refractivity contribution is -0.152. The summed E-state index contributed by atoms with van der Waals surface area (Å²) in [5.41, 5.74) is 3.65. The van der Waals surface area contributed by atoms with Gasteiger partial charge in [0, 0.05) is 30.8 Å². The third-order valence-electron chi connectivity index (χ3n) is 5.00. The lowest BCUT2D eigenvalue weighted by Gasteiger charge is -2.30. The van der Waals surface area contributed by atoms with Crippen LogP contribution in [0.4, 0.5) is 0 Å². The second-order valence-corrected chi connectivity index (χ2v) is 6.97. The summed E-state index contributed by atoms with van der Waals surface area (Å²) >= 11 is 0. The van der Waals surface area contributed by atoms with Crippen LogP contribution in [0, 0.1) is 19.8 Å². The Labute approximate surface area is 167 Å². The molecule has 9 nitrogen and oxygen atoms in total. The molecule has 1 aromatic carbocycles. The first-order chi connectivity index (χ1) is 13.8. The SMILES string of the molecule is Cc1ccccc1-n1ncc(CN2CCC(=O)C(C(=O)NCC(=O)O)C2=O)c1C. The van der Waals surface area contributed by atoms with Gasteiger partial charge in [-0.25, -0.2) is 4.68 Å². The van der Waals surface area contributed by atoms with E-state index in [1.165, 1.54) is 4.90 Å². The zero-order chi connectivity index (χ0) is 21.1. The number of ketones is 1. The van der Waals surface area contributed by atoms with Crippen LogP contribution in [0.3, 0.4) is 0 Å². The maximum atomic E-state index is 12.7. The quantitative estimate of drug-likeness (QED) is 0.688. The lowest BCUT2D eigenvalue weighted by atomic mass is 9.94. The summed E-state index contributed by atoms with van der Waals surface area (Å²) < 4.78 is 1.79. The minimum atomic E-state index is -1.50. The van der Waals surface area contributed by atoms with E-state index in [1.807, 2.05) is 38.1 Å². The van der Waals surface area contributed by atoms with Crippen molar-refractivity contribution in [1.29, 1.82) is 0 Å². The van der Waals surface area contributed by atoms with E-state index in [-0.39, 0.29) is 19.5 Å². The Morgan fingerprint density at radius 3 is 2.66 bits per heavy atom. The van der Waals surface area contributed by atoms with Gasteiger partial charge >= 0.3 is 5.97 Å². The first-order valence-electron chi connectivity index (χ1n) is 9.20. The molecule has 1 fully saturated rings. The van der Waals surface area contributed by atoms with Crippen LogP contribution in [-0.4, -0.2) is 56.4 Å². The fourth-order valence-electron chi connectivity index (χ4n) is 3.35. The molecule has 2 aromatic rings. The van der Waals surface area contributed by atoms with Crippen LogP contribution in [-0.2, 0) is 25.7 Å². The highest BCUT2D eigenvalue weighted by Crippen LogP contribution is 2.22. The van der Waals surface area contributed by atoms with E-state index >= 15 is 0 Å². The van der Waals surface area contributed by atoms with Crippen LogP contribution >= 0.6 is 0 Å². The highest BCUT2D eigenvalue weighted by Gasteiger charge is 2.40. The van der Waals surface area contributed by atoms with E-state index in [2.05, 4.69) is 10.4 Å². The van der Waals surface area contributed by atoms with Crippen LogP contribution in [0.5, 0.6) is 0 Å². The molecule has 0 spiro atoms. The Morgan fingerprint density at radius 1 is 1.24 bits per heavy atom. The number of aromatic nitrogens is 2. The van der Waals surface area contributed by atoms with Gasteiger partial charge in [0.15, 0.2) is 11.7 Å². The molecule has 0 bridgehead atoms. The number of aryl methyl sites for hydroxylation is 1. The number of amides is 2. The Hall–Kier alpha value is -3.49. The van der Waals surface area contributed by atoms with Crippen molar-refractivity contribution in [2.75, 3.05) is 13.1 Å². The van der Waals surface area contributed by atoms with E-state index in [9.17, 15) is 19.2 Å². The number of benzene rings is 1. The second-order valence-electron chi connectivity index (χ2n) is 6.97. The number of nitrogens with one attached hydrogen (secondary N) is 1. The van der Waals surface area contributed by atoms with E-state index in [0.717, 1.165) is 22.5 Å². The highest BCUT2D eigenvalue weighted by atomic mass is 16.4.